The molecule has 2 bridgehead atoms. The Balaban J connectivity index is 1.40. The van der Waals surface area contributed by atoms with Crippen molar-refractivity contribution in [2.45, 2.75) is 131 Å². The van der Waals surface area contributed by atoms with Gasteiger partial charge in [0.25, 0.3) is 0 Å². The summed E-state index contributed by atoms with van der Waals surface area (Å²) in [6.45, 7) is 17.7. The van der Waals surface area contributed by atoms with Crippen LogP contribution in [-0.4, -0.2) is 30.2 Å². The van der Waals surface area contributed by atoms with Crippen LogP contribution in [0.3, 0.4) is 0 Å². The Kier molecular flexibility index (Phi) is 5.02. The van der Waals surface area contributed by atoms with E-state index in [1.807, 2.05) is 7.11 Å². The molecule has 12 atom stereocenters. The molecule has 7 aliphatic rings. The number of methoxy groups -OCH3 is 1. The second kappa shape index (κ2) is 7.04. The van der Waals surface area contributed by atoms with E-state index in [1.54, 1.807) is 0 Å². The lowest BCUT2D eigenvalue weighted by atomic mass is 9.30. The second-order valence-corrected chi connectivity index (χ2v) is 15.6. The van der Waals surface area contributed by atoms with Crippen LogP contribution in [-0.2, 0) is 9.47 Å². The molecular weight excluding hydrogens is 420 g/mol. The predicted molar refractivity (Wildman–Crippen MR) is 136 cm³/mol. The third-order valence-corrected chi connectivity index (χ3v) is 14.8. The van der Waals surface area contributed by atoms with Gasteiger partial charge in [0.05, 0.1) is 11.7 Å². The number of hydrogen-bond donors (Lipinski definition) is 1. The van der Waals surface area contributed by atoms with Crippen LogP contribution in [0.1, 0.15) is 113 Å². The fourth-order valence-corrected chi connectivity index (χ4v) is 12.5. The normalized spacial score (nSPS) is 62.2. The maximum absolute atomic E-state index is 11.0. The molecule has 2 aliphatic heterocycles. The molecule has 0 unspecified atom stereocenters. The molecule has 0 amide bonds. The van der Waals surface area contributed by atoms with E-state index in [9.17, 15) is 5.11 Å². The summed E-state index contributed by atoms with van der Waals surface area (Å²) in [5.74, 6) is 3.53. The lowest BCUT2D eigenvalue weighted by Gasteiger charge is -2.76. The van der Waals surface area contributed by atoms with Gasteiger partial charge in [-0.3, -0.25) is 0 Å². The van der Waals surface area contributed by atoms with Gasteiger partial charge in [-0.05, 0) is 122 Å². The molecule has 1 N–H and O–H groups in total. The first-order valence-electron chi connectivity index (χ1n) is 14.7. The Morgan fingerprint density at radius 2 is 1.47 bits per heavy atom. The number of ether oxygens (including phenoxy) is 2. The van der Waals surface area contributed by atoms with Crippen molar-refractivity contribution in [3.63, 3.8) is 0 Å². The highest BCUT2D eigenvalue weighted by Crippen LogP contribution is 2.78. The van der Waals surface area contributed by atoms with E-state index in [4.69, 9.17) is 9.47 Å². The lowest BCUT2D eigenvalue weighted by Crippen LogP contribution is -2.73. The van der Waals surface area contributed by atoms with Crippen molar-refractivity contribution >= 4 is 0 Å². The summed E-state index contributed by atoms with van der Waals surface area (Å²) in [7, 11) is 1.89. The van der Waals surface area contributed by atoms with Crippen molar-refractivity contribution < 1.29 is 14.6 Å². The molecule has 194 valence electrons. The molecule has 0 aromatic heterocycles. The van der Waals surface area contributed by atoms with Gasteiger partial charge in [-0.1, -0.05) is 41.5 Å². The van der Waals surface area contributed by atoms with Gasteiger partial charge in [0.15, 0.2) is 6.29 Å². The van der Waals surface area contributed by atoms with Crippen LogP contribution in [0.15, 0.2) is 0 Å². The first-order chi connectivity index (χ1) is 15.8. The molecule has 3 heteroatoms. The molecule has 0 aromatic carbocycles. The Bertz CT molecular complexity index is 854. The highest BCUT2D eigenvalue weighted by Gasteiger charge is 2.74. The predicted octanol–water partition coefficient (Wildman–Crippen LogP) is 7.21. The van der Waals surface area contributed by atoms with E-state index in [1.165, 1.54) is 57.8 Å². The van der Waals surface area contributed by atoms with E-state index < -0.39 is 0 Å². The molecule has 2 saturated heterocycles. The van der Waals surface area contributed by atoms with Gasteiger partial charge < -0.3 is 14.6 Å². The maximum Gasteiger partial charge on any atom is 0.163 e. The van der Waals surface area contributed by atoms with Gasteiger partial charge >= 0.3 is 0 Å². The molecule has 34 heavy (non-hydrogen) atoms. The molecule has 3 nitrogen and oxygen atoms in total. The molecule has 7 fully saturated rings. The molecule has 5 saturated carbocycles. The van der Waals surface area contributed by atoms with Crippen molar-refractivity contribution in [2.75, 3.05) is 7.11 Å². The van der Waals surface area contributed by atoms with Crippen LogP contribution >= 0.6 is 0 Å². The third kappa shape index (κ3) is 2.56. The number of aliphatic hydroxyl groups excluding tert-OH is 1. The molecule has 0 radical (unpaired) electrons. The van der Waals surface area contributed by atoms with Gasteiger partial charge in [-0.2, -0.15) is 0 Å². The minimum Gasteiger partial charge on any atom is -0.393 e. The van der Waals surface area contributed by atoms with Crippen molar-refractivity contribution in [1.82, 2.24) is 0 Å². The lowest BCUT2D eigenvalue weighted by molar-refractivity contribution is -0.382. The summed E-state index contributed by atoms with van der Waals surface area (Å²) in [5, 5.41) is 11.0. The molecular formula is C31H52O3. The zero-order valence-corrected chi connectivity index (χ0v) is 23.4. The smallest absolute Gasteiger partial charge is 0.163 e. The van der Waals surface area contributed by atoms with Gasteiger partial charge in [0, 0.05) is 12.5 Å². The van der Waals surface area contributed by atoms with Crippen LogP contribution in [0, 0.1) is 56.7 Å². The standard InChI is InChI=1S/C31H52O3/c1-19-24-20-9-10-22-27(4)13-12-23(32)26(2,3)21(27)11-14-29(22,6)28(20,5)15-17-31(24)18-16-30(19,7)34-25(31)33-8/h19-25,32H,9-18H2,1-8H3/t19-,20+,21-,22+,23-,24+,25-,27-,28+,29+,30-,31+/m0/s1. The molecule has 7 rings (SSSR count). The van der Waals surface area contributed by atoms with Crippen LogP contribution in [0.4, 0.5) is 0 Å². The van der Waals surface area contributed by atoms with Gasteiger partial charge in [0.2, 0.25) is 0 Å². The Morgan fingerprint density at radius 1 is 0.765 bits per heavy atom. The SMILES string of the molecule is CO[C@H]1O[C@@]2(C)CC[C@@]13CC[C@]1(C)[C@H](CC[C@@H]4[C@@]5(C)CC[C@H](O)C(C)(C)[C@@H]5CC[C@]41C)[C@H]3[C@@H]2C. The second-order valence-electron chi connectivity index (χ2n) is 15.6. The molecule has 1 spiro atoms. The minimum absolute atomic E-state index is 0.0172. The highest BCUT2D eigenvalue weighted by atomic mass is 16.7. The third-order valence-electron chi connectivity index (χ3n) is 14.8. The first-order valence-corrected chi connectivity index (χ1v) is 14.7. The number of aliphatic hydroxyl groups is 1. The van der Waals surface area contributed by atoms with E-state index >= 15 is 0 Å². The van der Waals surface area contributed by atoms with Gasteiger partial charge in [-0.25, -0.2) is 0 Å². The van der Waals surface area contributed by atoms with Crippen molar-refractivity contribution in [3.05, 3.63) is 0 Å². The quantitative estimate of drug-likeness (QED) is 0.438. The first kappa shape index (κ1) is 24.2. The van der Waals surface area contributed by atoms with Crippen LogP contribution in [0.25, 0.3) is 0 Å². The molecule has 5 aliphatic carbocycles. The molecule has 0 aromatic rings. The van der Waals surface area contributed by atoms with E-state index in [0.717, 1.165) is 24.2 Å². The minimum atomic E-state index is -0.137. The van der Waals surface area contributed by atoms with Crippen LogP contribution < -0.4 is 0 Å². The Morgan fingerprint density at radius 3 is 2.18 bits per heavy atom. The van der Waals surface area contributed by atoms with Crippen LogP contribution in [0.2, 0.25) is 0 Å². The van der Waals surface area contributed by atoms with Crippen molar-refractivity contribution in [1.29, 1.82) is 0 Å². The molecule has 2 heterocycles. The summed E-state index contributed by atoms with van der Waals surface area (Å²) in [5.41, 5.74) is 1.37. The van der Waals surface area contributed by atoms with E-state index in [0.29, 0.717) is 28.1 Å². The summed E-state index contributed by atoms with van der Waals surface area (Å²) in [6.07, 6.45) is 12.5. The zero-order valence-electron chi connectivity index (χ0n) is 23.4. The number of fused-ring (bicyclic) bond motifs is 7. The number of hydrogen-bond acceptors (Lipinski definition) is 3. The maximum atomic E-state index is 11.0. The van der Waals surface area contributed by atoms with Crippen LogP contribution in [0.5, 0.6) is 0 Å². The summed E-state index contributed by atoms with van der Waals surface area (Å²) >= 11 is 0. The van der Waals surface area contributed by atoms with Crippen molar-refractivity contribution in [2.24, 2.45) is 56.7 Å². The average Bonchev–Trinajstić information content (AvgIpc) is 2.78. The fraction of sp³-hybridized carbons (Fsp3) is 1.00. The summed E-state index contributed by atoms with van der Waals surface area (Å²) < 4.78 is 12.8. The zero-order chi connectivity index (χ0) is 24.5. The summed E-state index contributed by atoms with van der Waals surface area (Å²) in [4.78, 5) is 0. The van der Waals surface area contributed by atoms with Gasteiger partial charge in [-0.15, -0.1) is 0 Å². The highest BCUT2D eigenvalue weighted by molar-refractivity contribution is 5.21. The average molecular weight is 473 g/mol. The van der Waals surface area contributed by atoms with E-state index in [-0.39, 0.29) is 28.8 Å². The topological polar surface area (TPSA) is 38.7 Å². The van der Waals surface area contributed by atoms with E-state index in [2.05, 4.69) is 48.5 Å². The largest absolute Gasteiger partial charge is 0.393 e. The Hall–Kier alpha value is -0.120. The van der Waals surface area contributed by atoms with Gasteiger partial charge in [0.1, 0.15) is 0 Å². The van der Waals surface area contributed by atoms with Crippen molar-refractivity contribution in [3.8, 4) is 0 Å². The fourth-order valence-electron chi connectivity index (χ4n) is 12.5. The monoisotopic (exact) mass is 472 g/mol. The summed E-state index contributed by atoms with van der Waals surface area (Å²) in [6, 6.07) is 0. The Labute approximate surface area is 209 Å². The number of rotatable bonds is 1.